The summed E-state index contributed by atoms with van der Waals surface area (Å²) in [5, 5.41) is 20.1. The maximum Gasteiger partial charge on any atom is 0.253 e. The van der Waals surface area contributed by atoms with E-state index in [9.17, 15) is 9.90 Å². The van der Waals surface area contributed by atoms with Gasteiger partial charge in [-0.1, -0.05) is 19.1 Å². The van der Waals surface area contributed by atoms with Gasteiger partial charge in [0.1, 0.15) is 5.75 Å². The van der Waals surface area contributed by atoms with Gasteiger partial charge in [0, 0.05) is 6.54 Å². The Kier molecular flexibility index (Phi) is 4.30. The molecular formula is C15H17N3O2. The monoisotopic (exact) mass is 271 g/mol. The fourth-order valence-corrected chi connectivity index (χ4v) is 1.86. The maximum atomic E-state index is 12.2. The van der Waals surface area contributed by atoms with Crippen LogP contribution in [0.3, 0.4) is 0 Å². The van der Waals surface area contributed by atoms with E-state index < -0.39 is 0 Å². The largest absolute Gasteiger partial charge is 0.508 e. The lowest BCUT2D eigenvalue weighted by atomic mass is 10.1. The van der Waals surface area contributed by atoms with Gasteiger partial charge in [-0.2, -0.15) is 10.2 Å². The number of phenols is 1. The molecule has 2 aromatic rings. The van der Waals surface area contributed by atoms with Crippen LogP contribution in [-0.2, 0) is 13.0 Å². The van der Waals surface area contributed by atoms with Crippen LogP contribution < -0.4 is 5.32 Å². The second kappa shape index (κ2) is 6.14. The number of phenolic OH excluding ortho intramolecular Hbond substituents is 1. The number of rotatable bonds is 4. The first-order valence-corrected chi connectivity index (χ1v) is 6.49. The van der Waals surface area contributed by atoms with Gasteiger partial charge in [0.15, 0.2) is 0 Å². The minimum absolute atomic E-state index is 0.159. The first-order valence-electron chi connectivity index (χ1n) is 6.49. The summed E-state index contributed by atoms with van der Waals surface area (Å²) in [6.07, 6.45) is 0.662. The van der Waals surface area contributed by atoms with Crippen LogP contribution in [0.15, 0.2) is 30.3 Å². The molecule has 0 bridgehead atoms. The second-order valence-electron chi connectivity index (χ2n) is 4.55. The number of amides is 1. The Bertz CT molecular complexity index is 609. The lowest BCUT2D eigenvalue weighted by molar-refractivity contribution is 0.0949. The van der Waals surface area contributed by atoms with Crippen molar-refractivity contribution in [3.05, 3.63) is 52.8 Å². The Morgan fingerprint density at radius 3 is 2.60 bits per heavy atom. The quantitative estimate of drug-likeness (QED) is 0.891. The molecule has 0 saturated carbocycles. The smallest absolute Gasteiger partial charge is 0.253 e. The zero-order chi connectivity index (χ0) is 14.5. The Morgan fingerprint density at radius 2 is 1.95 bits per heavy atom. The SMILES string of the molecule is CCc1nnc(C)cc1C(=O)NCc1ccc(O)cc1. The highest BCUT2D eigenvalue weighted by Gasteiger charge is 2.12. The zero-order valence-corrected chi connectivity index (χ0v) is 11.6. The summed E-state index contributed by atoms with van der Waals surface area (Å²) in [7, 11) is 0. The third-order valence-electron chi connectivity index (χ3n) is 2.96. The average Bonchev–Trinajstić information content (AvgIpc) is 2.46. The molecule has 5 heteroatoms. The highest BCUT2D eigenvalue weighted by molar-refractivity contribution is 5.95. The van der Waals surface area contributed by atoms with Gasteiger partial charge in [-0.15, -0.1) is 0 Å². The molecule has 2 N–H and O–H groups in total. The molecule has 2 rings (SSSR count). The van der Waals surface area contributed by atoms with E-state index in [2.05, 4.69) is 15.5 Å². The van der Waals surface area contributed by atoms with Crippen molar-refractivity contribution >= 4 is 5.91 Å². The Hall–Kier alpha value is -2.43. The standard InChI is InChI=1S/C15H17N3O2/c1-3-14-13(8-10(2)17-18-14)15(20)16-9-11-4-6-12(19)7-5-11/h4-8,19H,3,9H2,1-2H3,(H,16,20). The van der Waals surface area contributed by atoms with E-state index in [0.717, 1.165) is 11.3 Å². The molecule has 1 amide bonds. The van der Waals surface area contributed by atoms with Crippen molar-refractivity contribution in [2.24, 2.45) is 0 Å². The number of hydrogen-bond donors (Lipinski definition) is 2. The van der Waals surface area contributed by atoms with Crippen LogP contribution in [0.5, 0.6) is 5.75 Å². The first kappa shape index (κ1) is 14.0. The number of carbonyl (C=O) groups is 1. The topological polar surface area (TPSA) is 75.1 Å². The number of carbonyl (C=O) groups excluding carboxylic acids is 1. The Labute approximate surface area is 117 Å². The number of aromatic nitrogens is 2. The van der Waals surface area contributed by atoms with Gasteiger partial charge in [-0.05, 0) is 37.1 Å². The Balaban J connectivity index is 2.08. The van der Waals surface area contributed by atoms with E-state index in [1.165, 1.54) is 0 Å². The van der Waals surface area contributed by atoms with Crippen LogP contribution in [0.4, 0.5) is 0 Å². The van der Waals surface area contributed by atoms with Crippen LogP contribution >= 0.6 is 0 Å². The molecule has 0 fully saturated rings. The molecule has 104 valence electrons. The van der Waals surface area contributed by atoms with Crippen molar-refractivity contribution in [2.45, 2.75) is 26.8 Å². The molecule has 0 aliphatic heterocycles. The maximum absolute atomic E-state index is 12.2. The van der Waals surface area contributed by atoms with E-state index >= 15 is 0 Å². The molecule has 1 aromatic carbocycles. The minimum Gasteiger partial charge on any atom is -0.508 e. The number of aryl methyl sites for hydroxylation is 2. The molecular weight excluding hydrogens is 254 g/mol. The predicted molar refractivity (Wildman–Crippen MR) is 75.4 cm³/mol. The summed E-state index contributed by atoms with van der Waals surface area (Å²) < 4.78 is 0. The van der Waals surface area contributed by atoms with Gasteiger partial charge < -0.3 is 10.4 Å². The summed E-state index contributed by atoms with van der Waals surface area (Å²) in [6.45, 7) is 4.16. The summed E-state index contributed by atoms with van der Waals surface area (Å²) in [5.41, 5.74) is 2.91. The summed E-state index contributed by atoms with van der Waals surface area (Å²) >= 11 is 0. The number of hydrogen-bond acceptors (Lipinski definition) is 4. The van der Waals surface area contributed by atoms with Gasteiger partial charge >= 0.3 is 0 Å². The highest BCUT2D eigenvalue weighted by atomic mass is 16.3. The van der Waals surface area contributed by atoms with E-state index in [1.807, 2.05) is 13.8 Å². The molecule has 0 unspecified atom stereocenters. The van der Waals surface area contributed by atoms with Crippen LogP contribution in [0, 0.1) is 6.92 Å². The van der Waals surface area contributed by atoms with Gasteiger partial charge in [-0.25, -0.2) is 0 Å². The van der Waals surface area contributed by atoms with E-state index in [0.29, 0.717) is 24.2 Å². The number of nitrogens with one attached hydrogen (secondary N) is 1. The van der Waals surface area contributed by atoms with E-state index in [1.54, 1.807) is 30.3 Å². The third-order valence-corrected chi connectivity index (χ3v) is 2.96. The zero-order valence-electron chi connectivity index (χ0n) is 11.6. The lowest BCUT2D eigenvalue weighted by Crippen LogP contribution is -2.24. The third kappa shape index (κ3) is 3.32. The molecule has 1 heterocycles. The normalized spacial score (nSPS) is 10.3. The van der Waals surface area contributed by atoms with Crippen LogP contribution in [0.2, 0.25) is 0 Å². The fourth-order valence-electron chi connectivity index (χ4n) is 1.86. The molecule has 0 spiro atoms. The summed E-state index contributed by atoms with van der Waals surface area (Å²) in [4.78, 5) is 12.2. The number of benzene rings is 1. The summed E-state index contributed by atoms with van der Waals surface area (Å²) in [6, 6.07) is 8.48. The van der Waals surface area contributed by atoms with Crippen LogP contribution in [0.25, 0.3) is 0 Å². The van der Waals surface area contributed by atoms with Crippen molar-refractivity contribution in [1.82, 2.24) is 15.5 Å². The molecule has 0 saturated heterocycles. The van der Waals surface area contributed by atoms with Crippen LogP contribution in [0.1, 0.15) is 34.2 Å². The number of nitrogens with zero attached hydrogens (tertiary/aromatic N) is 2. The minimum atomic E-state index is -0.159. The molecule has 0 atom stereocenters. The molecule has 0 aliphatic carbocycles. The molecule has 0 aliphatic rings. The molecule has 1 aromatic heterocycles. The number of aromatic hydroxyl groups is 1. The van der Waals surface area contributed by atoms with Gasteiger partial charge in [-0.3, -0.25) is 4.79 Å². The summed E-state index contributed by atoms with van der Waals surface area (Å²) in [5.74, 6) is 0.0511. The Morgan fingerprint density at radius 1 is 1.25 bits per heavy atom. The van der Waals surface area contributed by atoms with Gasteiger partial charge in [0.25, 0.3) is 5.91 Å². The van der Waals surface area contributed by atoms with Crippen molar-refractivity contribution in [3.63, 3.8) is 0 Å². The molecule has 20 heavy (non-hydrogen) atoms. The first-order chi connectivity index (χ1) is 9.60. The van der Waals surface area contributed by atoms with Crippen molar-refractivity contribution in [2.75, 3.05) is 0 Å². The second-order valence-corrected chi connectivity index (χ2v) is 4.55. The van der Waals surface area contributed by atoms with Gasteiger partial charge in [0.2, 0.25) is 0 Å². The predicted octanol–water partition coefficient (Wildman–Crippen LogP) is 1.98. The van der Waals surface area contributed by atoms with Gasteiger partial charge in [0.05, 0.1) is 17.0 Å². The van der Waals surface area contributed by atoms with E-state index in [-0.39, 0.29) is 11.7 Å². The molecule has 0 radical (unpaired) electrons. The van der Waals surface area contributed by atoms with Crippen molar-refractivity contribution in [1.29, 1.82) is 0 Å². The lowest BCUT2D eigenvalue weighted by Gasteiger charge is -2.08. The fraction of sp³-hybridized carbons (Fsp3) is 0.267. The van der Waals surface area contributed by atoms with Crippen molar-refractivity contribution in [3.8, 4) is 5.75 Å². The van der Waals surface area contributed by atoms with Crippen molar-refractivity contribution < 1.29 is 9.90 Å². The van der Waals surface area contributed by atoms with Crippen LogP contribution in [-0.4, -0.2) is 21.2 Å². The van der Waals surface area contributed by atoms with E-state index in [4.69, 9.17) is 0 Å². The molecule has 5 nitrogen and oxygen atoms in total. The highest BCUT2D eigenvalue weighted by Crippen LogP contribution is 2.11. The average molecular weight is 271 g/mol.